The molecule has 2 aromatic rings. The van der Waals surface area contributed by atoms with Crippen molar-refractivity contribution in [3.63, 3.8) is 0 Å². The van der Waals surface area contributed by atoms with E-state index in [9.17, 15) is 13.6 Å². The largest absolute Gasteiger partial charge is 0.338 e. The van der Waals surface area contributed by atoms with Gasteiger partial charge in [-0.25, -0.2) is 8.78 Å². The average Bonchev–Trinajstić information content (AvgIpc) is 2.77. The molecule has 0 aliphatic heterocycles. The molecule has 1 heterocycles. The van der Waals surface area contributed by atoms with Gasteiger partial charge in [-0.15, -0.1) is 0 Å². The van der Waals surface area contributed by atoms with Crippen LogP contribution < -0.4 is 0 Å². The molecule has 0 atom stereocenters. The molecule has 0 aliphatic carbocycles. The molecular weight excluding hydrogens is 266 g/mol. The van der Waals surface area contributed by atoms with Crippen LogP contribution in [0.25, 0.3) is 11.4 Å². The first-order chi connectivity index (χ1) is 8.58. The van der Waals surface area contributed by atoms with Crippen LogP contribution in [0.3, 0.4) is 0 Å². The van der Waals surface area contributed by atoms with E-state index in [2.05, 4.69) is 10.1 Å². The lowest BCUT2D eigenvalue weighted by atomic mass is 10.2. The first-order valence-electron chi connectivity index (χ1n) is 4.96. The topological polar surface area (TPSA) is 56.0 Å². The Hall–Kier alpha value is -1.82. The summed E-state index contributed by atoms with van der Waals surface area (Å²) in [6, 6.07) is 6.75. The molecule has 0 bridgehead atoms. The van der Waals surface area contributed by atoms with Gasteiger partial charge in [-0.3, -0.25) is 4.79 Å². The molecule has 7 heteroatoms. The average molecular weight is 273 g/mol. The van der Waals surface area contributed by atoms with Crippen molar-refractivity contribution in [1.29, 1.82) is 0 Å². The van der Waals surface area contributed by atoms with E-state index in [0.29, 0.717) is 10.6 Å². The zero-order valence-electron chi connectivity index (χ0n) is 8.94. The zero-order chi connectivity index (χ0) is 13.1. The van der Waals surface area contributed by atoms with Gasteiger partial charge in [0.05, 0.1) is 11.4 Å². The Labute approximate surface area is 106 Å². The number of aromatic nitrogens is 2. The first kappa shape index (κ1) is 12.6. The summed E-state index contributed by atoms with van der Waals surface area (Å²) >= 11 is 5.92. The van der Waals surface area contributed by atoms with Gasteiger partial charge in [0, 0.05) is 5.56 Å². The van der Waals surface area contributed by atoms with Crippen LogP contribution in [0.2, 0.25) is 5.02 Å². The molecule has 1 aromatic heterocycles. The molecule has 4 nitrogen and oxygen atoms in total. The number of halogens is 3. The minimum Gasteiger partial charge on any atom is -0.338 e. The van der Waals surface area contributed by atoms with Crippen molar-refractivity contribution in [2.24, 2.45) is 0 Å². The van der Waals surface area contributed by atoms with E-state index < -0.39 is 18.6 Å². The van der Waals surface area contributed by atoms with Gasteiger partial charge in [0.1, 0.15) is 0 Å². The fourth-order valence-electron chi connectivity index (χ4n) is 1.30. The SMILES string of the molecule is O=C(Cc1nc(-c2ccccc2Cl)no1)C(F)F. The molecule has 94 valence electrons. The molecule has 0 saturated carbocycles. The lowest BCUT2D eigenvalue weighted by molar-refractivity contribution is -0.129. The molecule has 2 rings (SSSR count). The van der Waals surface area contributed by atoms with Crippen molar-refractivity contribution >= 4 is 17.4 Å². The van der Waals surface area contributed by atoms with Crippen LogP contribution in [0.1, 0.15) is 5.89 Å². The van der Waals surface area contributed by atoms with Crippen molar-refractivity contribution in [3.8, 4) is 11.4 Å². The van der Waals surface area contributed by atoms with Gasteiger partial charge < -0.3 is 4.52 Å². The van der Waals surface area contributed by atoms with E-state index in [0.717, 1.165) is 0 Å². The summed E-state index contributed by atoms with van der Waals surface area (Å²) < 4.78 is 28.8. The van der Waals surface area contributed by atoms with Crippen LogP contribution in [0.15, 0.2) is 28.8 Å². The number of hydrogen-bond acceptors (Lipinski definition) is 4. The van der Waals surface area contributed by atoms with Crippen LogP contribution in [0.5, 0.6) is 0 Å². The lowest BCUT2D eigenvalue weighted by Crippen LogP contribution is -2.12. The van der Waals surface area contributed by atoms with Crippen LogP contribution in [0, 0.1) is 0 Å². The third-order valence-corrected chi connectivity index (χ3v) is 2.48. The second-order valence-corrected chi connectivity index (χ2v) is 3.84. The quantitative estimate of drug-likeness (QED) is 0.859. The Morgan fingerprint density at radius 3 is 2.78 bits per heavy atom. The van der Waals surface area contributed by atoms with Gasteiger partial charge in [-0.05, 0) is 12.1 Å². The molecule has 0 radical (unpaired) electrons. The molecule has 0 aliphatic rings. The standard InChI is InChI=1S/C11H7ClF2N2O2/c12-7-4-2-1-3-6(7)11-15-9(18-16-11)5-8(17)10(13)14/h1-4,10H,5H2. The maximum atomic E-state index is 12.0. The van der Waals surface area contributed by atoms with Crippen LogP contribution in [0.4, 0.5) is 8.78 Å². The molecule has 0 N–H and O–H groups in total. The number of ketones is 1. The summed E-state index contributed by atoms with van der Waals surface area (Å²) in [6.07, 6.45) is -3.63. The normalized spacial score (nSPS) is 10.9. The Bertz CT molecular complexity index is 572. The highest BCUT2D eigenvalue weighted by Crippen LogP contribution is 2.24. The molecule has 0 fully saturated rings. The van der Waals surface area contributed by atoms with Gasteiger partial charge in [0.25, 0.3) is 6.43 Å². The summed E-state index contributed by atoms with van der Waals surface area (Å²) in [7, 11) is 0. The number of benzene rings is 1. The maximum Gasteiger partial charge on any atom is 0.296 e. The third-order valence-electron chi connectivity index (χ3n) is 2.15. The summed E-state index contributed by atoms with van der Waals surface area (Å²) in [5.74, 6) is -1.25. The van der Waals surface area contributed by atoms with Crippen molar-refractivity contribution in [2.45, 2.75) is 12.8 Å². The minimum atomic E-state index is -3.04. The second kappa shape index (κ2) is 5.22. The van der Waals surface area contributed by atoms with E-state index in [1.165, 1.54) is 0 Å². The Kier molecular flexibility index (Phi) is 3.66. The predicted octanol–water partition coefficient (Wildman–Crippen LogP) is 2.77. The highest BCUT2D eigenvalue weighted by atomic mass is 35.5. The lowest BCUT2D eigenvalue weighted by Gasteiger charge is -1.96. The number of Topliss-reactive ketones (excluding diaryl/α,β-unsaturated/α-hetero) is 1. The van der Waals surface area contributed by atoms with Gasteiger partial charge in [0.15, 0.2) is 0 Å². The van der Waals surface area contributed by atoms with Crippen molar-refractivity contribution in [2.75, 3.05) is 0 Å². The fourth-order valence-corrected chi connectivity index (χ4v) is 1.53. The Balaban J connectivity index is 2.21. The number of carbonyl (C=O) groups is 1. The highest BCUT2D eigenvalue weighted by Gasteiger charge is 2.20. The summed E-state index contributed by atoms with van der Waals surface area (Å²) in [5, 5.41) is 4.00. The molecule has 0 unspecified atom stereocenters. The fraction of sp³-hybridized carbons (Fsp3) is 0.182. The number of rotatable bonds is 4. The summed E-state index contributed by atoms with van der Waals surface area (Å²) in [6.45, 7) is 0. The predicted molar refractivity (Wildman–Crippen MR) is 59.5 cm³/mol. The summed E-state index contributed by atoms with van der Waals surface area (Å²) in [4.78, 5) is 14.7. The van der Waals surface area contributed by atoms with E-state index in [-0.39, 0.29) is 11.7 Å². The molecule has 0 amide bonds. The van der Waals surface area contributed by atoms with Crippen LogP contribution in [-0.2, 0) is 11.2 Å². The van der Waals surface area contributed by atoms with Gasteiger partial charge in [-0.1, -0.05) is 28.9 Å². The van der Waals surface area contributed by atoms with Gasteiger partial charge in [-0.2, -0.15) is 4.98 Å². The molecule has 1 aromatic carbocycles. The van der Waals surface area contributed by atoms with Gasteiger partial charge in [0.2, 0.25) is 17.5 Å². The second-order valence-electron chi connectivity index (χ2n) is 3.44. The maximum absolute atomic E-state index is 12.0. The van der Waals surface area contributed by atoms with E-state index in [1.54, 1.807) is 24.3 Å². The first-order valence-corrected chi connectivity index (χ1v) is 5.34. The number of carbonyl (C=O) groups excluding carboxylic acids is 1. The van der Waals surface area contributed by atoms with Crippen molar-refractivity contribution in [1.82, 2.24) is 10.1 Å². The molecule has 0 spiro atoms. The van der Waals surface area contributed by atoms with E-state index in [4.69, 9.17) is 16.1 Å². The van der Waals surface area contributed by atoms with Crippen molar-refractivity contribution < 1.29 is 18.1 Å². The molecular formula is C11H7ClF2N2O2. The Morgan fingerprint density at radius 2 is 2.11 bits per heavy atom. The van der Waals surface area contributed by atoms with E-state index >= 15 is 0 Å². The number of hydrogen-bond donors (Lipinski definition) is 0. The molecule has 0 saturated heterocycles. The highest BCUT2D eigenvalue weighted by molar-refractivity contribution is 6.33. The van der Waals surface area contributed by atoms with E-state index in [1.807, 2.05) is 0 Å². The van der Waals surface area contributed by atoms with Crippen LogP contribution in [-0.4, -0.2) is 22.3 Å². The van der Waals surface area contributed by atoms with Crippen LogP contribution >= 0.6 is 11.6 Å². The number of nitrogens with zero attached hydrogens (tertiary/aromatic N) is 2. The smallest absolute Gasteiger partial charge is 0.296 e. The van der Waals surface area contributed by atoms with Crippen molar-refractivity contribution in [3.05, 3.63) is 35.2 Å². The summed E-state index contributed by atoms with van der Waals surface area (Å²) in [5.41, 5.74) is 0.513. The monoisotopic (exact) mass is 272 g/mol. The zero-order valence-corrected chi connectivity index (χ0v) is 9.69. The van der Waals surface area contributed by atoms with Gasteiger partial charge >= 0.3 is 0 Å². The molecule has 18 heavy (non-hydrogen) atoms. The minimum absolute atomic E-state index is 0.157. The number of alkyl halides is 2. The Morgan fingerprint density at radius 1 is 1.39 bits per heavy atom. The third kappa shape index (κ3) is 2.70.